The fourth-order valence-electron chi connectivity index (χ4n) is 0.661. The molecule has 0 unspecified atom stereocenters. The lowest BCUT2D eigenvalue weighted by Crippen LogP contribution is -2.15. The summed E-state index contributed by atoms with van der Waals surface area (Å²) in [5, 5.41) is -0.00815. The number of carbonyl (C=O) groups excluding carboxylic acids is 2. The minimum atomic E-state index is -1.21. The van der Waals surface area contributed by atoms with Crippen molar-refractivity contribution in [2.75, 3.05) is 0 Å². The molecule has 0 aromatic rings. The van der Waals surface area contributed by atoms with Gasteiger partial charge in [0.05, 0.1) is 0 Å². The molecule has 0 fully saturated rings. The molecule has 0 rings (SSSR count). The van der Waals surface area contributed by atoms with Crippen LogP contribution in [0.3, 0.4) is 0 Å². The molecule has 0 aromatic carbocycles. The van der Waals surface area contributed by atoms with E-state index in [2.05, 4.69) is 0 Å². The second kappa shape index (κ2) is 5.79. The predicted molar refractivity (Wildman–Crippen MR) is 48.2 cm³/mol. The van der Waals surface area contributed by atoms with Crippen LogP contribution in [-0.4, -0.2) is 20.3 Å². The van der Waals surface area contributed by atoms with Gasteiger partial charge < -0.3 is 9.59 Å². The van der Waals surface area contributed by atoms with Crippen molar-refractivity contribution in [3.8, 4) is 0 Å². The Morgan fingerprint density at radius 1 is 1.00 bits per heavy atom. The number of hydrogen-bond acceptors (Lipinski definition) is 2. The smallest absolute Gasteiger partial charge is 0.189 e. The predicted octanol–water partition coefficient (Wildman–Crippen LogP) is 0.361. The van der Waals surface area contributed by atoms with Crippen molar-refractivity contribution in [3.05, 3.63) is 24.3 Å². The van der Waals surface area contributed by atoms with Gasteiger partial charge in [0.15, 0.2) is 9.52 Å². The van der Waals surface area contributed by atoms with Crippen molar-refractivity contribution in [2.45, 2.75) is 13.8 Å². The van der Waals surface area contributed by atoms with Gasteiger partial charge in [0.1, 0.15) is 10.8 Å². The zero-order valence-corrected chi connectivity index (χ0v) is 8.25. The zero-order valence-electron chi connectivity index (χ0n) is 6.83. The van der Waals surface area contributed by atoms with Gasteiger partial charge in [0, 0.05) is 0 Å². The first-order chi connectivity index (χ1) is 5.20. The van der Waals surface area contributed by atoms with Crippen LogP contribution < -0.4 is 0 Å². The van der Waals surface area contributed by atoms with Crippen molar-refractivity contribution in [2.24, 2.45) is 0 Å². The molecule has 0 saturated carbocycles. The Balaban J connectivity index is 3.85. The molecule has 0 spiro atoms. The van der Waals surface area contributed by atoms with Gasteiger partial charge in [-0.25, -0.2) is 0 Å². The molecule has 0 atom stereocenters. The van der Waals surface area contributed by atoms with Crippen LogP contribution >= 0.6 is 0 Å². The summed E-state index contributed by atoms with van der Waals surface area (Å²) in [4.78, 5) is 21.7. The Bertz CT molecular complexity index is 182. The van der Waals surface area contributed by atoms with E-state index in [1.54, 1.807) is 26.0 Å². The summed E-state index contributed by atoms with van der Waals surface area (Å²) in [5.41, 5.74) is 0. The number of rotatable bonds is 4. The Morgan fingerprint density at radius 3 is 1.64 bits per heavy atom. The molecule has 0 aromatic heterocycles. The van der Waals surface area contributed by atoms with Gasteiger partial charge in [0.2, 0.25) is 0 Å². The molecule has 11 heavy (non-hydrogen) atoms. The van der Waals surface area contributed by atoms with Crippen molar-refractivity contribution in [1.29, 1.82) is 0 Å². The van der Waals surface area contributed by atoms with Crippen LogP contribution in [0.5, 0.6) is 0 Å². The summed E-state index contributed by atoms with van der Waals surface area (Å²) in [7, 11) is -1.21. The summed E-state index contributed by atoms with van der Waals surface area (Å²) in [6.45, 7) is 3.54. The normalized spacial score (nSPS) is 12.2. The van der Waals surface area contributed by atoms with Gasteiger partial charge in [-0.15, -0.1) is 0 Å². The molecule has 0 aliphatic rings. The quantitative estimate of drug-likeness (QED) is 0.449. The van der Waals surface area contributed by atoms with Crippen LogP contribution in [0.1, 0.15) is 13.8 Å². The highest BCUT2D eigenvalue weighted by Gasteiger charge is 2.02. The maximum Gasteiger partial charge on any atom is 0.189 e. The fraction of sp³-hybridized carbons (Fsp3) is 0.250. The Labute approximate surface area is 68.8 Å². The summed E-state index contributed by atoms with van der Waals surface area (Å²) in [5.74, 6) is 0. The molecule has 0 heterocycles. The average Bonchev–Trinajstić information content (AvgIpc) is 1.87. The van der Waals surface area contributed by atoms with Gasteiger partial charge in [-0.05, 0) is 26.0 Å². The molecule has 3 heteroatoms. The Morgan fingerprint density at radius 2 is 1.36 bits per heavy atom. The third-order valence-corrected chi connectivity index (χ3v) is 2.22. The molecule has 0 saturated heterocycles. The van der Waals surface area contributed by atoms with Gasteiger partial charge in [-0.2, -0.15) is 0 Å². The first-order valence-electron chi connectivity index (χ1n) is 3.51. The number of carbonyl (C=O) groups is 2. The SMILES string of the molecule is CC=CC(=O)[SiH2]C(=O)C=CC. The van der Waals surface area contributed by atoms with Crippen LogP contribution in [0.25, 0.3) is 0 Å². The maximum atomic E-state index is 10.8. The van der Waals surface area contributed by atoms with Crippen molar-refractivity contribution in [1.82, 2.24) is 0 Å². The molecule has 0 N–H and O–H groups in total. The highest BCUT2D eigenvalue weighted by Crippen LogP contribution is 1.79. The zero-order chi connectivity index (χ0) is 8.69. The number of hydrogen-bond donors (Lipinski definition) is 0. The third-order valence-electron chi connectivity index (χ3n) is 1.05. The van der Waals surface area contributed by atoms with Gasteiger partial charge in [-0.1, -0.05) is 12.2 Å². The monoisotopic (exact) mass is 168 g/mol. The van der Waals surface area contributed by atoms with E-state index in [0.717, 1.165) is 0 Å². The highest BCUT2D eigenvalue weighted by atomic mass is 28.2. The molecule has 0 amide bonds. The van der Waals surface area contributed by atoms with E-state index in [9.17, 15) is 9.59 Å². The van der Waals surface area contributed by atoms with Crippen molar-refractivity contribution in [3.63, 3.8) is 0 Å². The van der Waals surface area contributed by atoms with E-state index in [-0.39, 0.29) is 10.8 Å². The van der Waals surface area contributed by atoms with E-state index in [4.69, 9.17) is 0 Å². The van der Waals surface area contributed by atoms with Crippen molar-refractivity contribution < 1.29 is 9.59 Å². The van der Waals surface area contributed by atoms with E-state index in [1.165, 1.54) is 12.2 Å². The molecular weight excluding hydrogens is 156 g/mol. The van der Waals surface area contributed by atoms with Crippen LogP contribution in [0.2, 0.25) is 0 Å². The molecule has 0 aliphatic carbocycles. The van der Waals surface area contributed by atoms with Crippen LogP contribution in [-0.2, 0) is 9.59 Å². The third kappa shape index (κ3) is 5.48. The van der Waals surface area contributed by atoms with Crippen LogP contribution in [0.4, 0.5) is 0 Å². The van der Waals surface area contributed by atoms with Gasteiger partial charge in [0.25, 0.3) is 0 Å². The molecule has 0 aliphatic heterocycles. The molecule has 0 radical (unpaired) electrons. The lowest BCUT2D eigenvalue weighted by molar-refractivity contribution is -0.110. The second-order valence-corrected chi connectivity index (χ2v) is 3.86. The lowest BCUT2D eigenvalue weighted by atomic mass is 10.6. The summed E-state index contributed by atoms with van der Waals surface area (Å²) in [6.07, 6.45) is 6.26. The van der Waals surface area contributed by atoms with E-state index in [1.807, 2.05) is 0 Å². The topological polar surface area (TPSA) is 34.1 Å². The summed E-state index contributed by atoms with van der Waals surface area (Å²) in [6, 6.07) is 0. The van der Waals surface area contributed by atoms with Gasteiger partial charge in [-0.3, -0.25) is 0 Å². The Hall–Kier alpha value is -0.963. The fourth-order valence-corrected chi connectivity index (χ4v) is 1.71. The Kier molecular flexibility index (Phi) is 5.29. The van der Waals surface area contributed by atoms with E-state index < -0.39 is 9.52 Å². The second-order valence-electron chi connectivity index (χ2n) is 2.11. The molecule has 60 valence electrons. The molecule has 2 nitrogen and oxygen atoms in total. The first kappa shape index (κ1) is 10.0. The van der Waals surface area contributed by atoms with E-state index in [0.29, 0.717) is 0 Å². The largest absolute Gasteiger partial charge is 0.301 e. The lowest BCUT2D eigenvalue weighted by Gasteiger charge is -1.86. The molecular formula is C8H12O2Si. The standard InChI is InChI=1S/C8H12O2Si/c1-3-5-7(9)11-8(10)6-4-2/h3-6H,11H2,1-2H3. The number of allylic oxidation sites excluding steroid dienone is 4. The highest BCUT2D eigenvalue weighted by molar-refractivity contribution is 6.99. The van der Waals surface area contributed by atoms with Crippen LogP contribution in [0.15, 0.2) is 24.3 Å². The van der Waals surface area contributed by atoms with Crippen LogP contribution in [0, 0.1) is 0 Å². The summed E-state index contributed by atoms with van der Waals surface area (Å²) < 4.78 is 0. The summed E-state index contributed by atoms with van der Waals surface area (Å²) >= 11 is 0. The van der Waals surface area contributed by atoms with Gasteiger partial charge >= 0.3 is 0 Å². The minimum Gasteiger partial charge on any atom is -0.301 e. The van der Waals surface area contributed by atoms with E-state index >= 15 is 0 Å². The average molecular weight is 168 g/mol. The maximum absolute atomic E-state index is 10.8. The molecule has 0 bridgehead atoms. The minimum absolute atomic E-state index is 0.00407. The van der Waals surface area contributed by atoms with Crippen molar-refractivity contribution >= 4 is 20.3 Å². The first-order valence-corrected chi connectivity index (χ1v) is 4.93.